The van der Waals surface area contributed by atoms with E-state index < -0.39 is 0 Å². The van der Waals surface area contributed by atoms with Crippen molar-refractivity contribution in [2.24, 2.45) is 5.16 Å². The summed E-state index contributed by atoms with van der Waals surface area (Å²) >= 11 is 0. The van der Waals surface area contributed by atoms with Crippen molar-refractivity contribution >= 4 is 5.71 Å². The largest absolute Gasteiger partial charge is 0.494 e. The number of ether oxygens (including phenoxy) is 3. The van der Waals surface area contributed by atoms with Crippen LogP contribution in [0, 0.1) is 13.8 Å². The average molecular weight is 412 g/mol. The lowest BCUT2D eigenvalue weighted by molar-refractivity contribution is 0.213. The van der Waals surface area contributed by atoms with Crippen LogP contribution < -0.4 is 14.2 Å². The summed E-state index contributed by atoms with van der Waals surface area (Å²) in [6.07, 6.45) is 5.82. The van der Waals surface area contributed by atoms with Gasteiger partial charge in [0.05, 0.1) is 18.9 Å². The normalized spacial score (nSPS) is 11.6. The van der Waals surface area contributed by atoms with Gasteiger partial charge in [0.2, 0.25) is 0 Å². The number of hydrogen-bond acceptors (Lipinski definition) is 5. The molecule has 0 atom stereocenters. The summed E-state index contributed by atoms with van der Waals surface area (Å²) in [6, 6.07) is 11.9. The molecule has 162 valence electrons. The molecule has 2 aromatic carbocycles. The molecule has 0 bridgehead atoms. The van der Waals surface area contributed by atoms with Gasteiger partial charge in [0.15, 0.2) is 0 Å². The highest BCUT2D eigenvalue weighted by Crippen LogP contribution is 2.28. The van der Waals surface area contributed by atoms with Gasteiger partial charge in [-0.3, -0.25) is 0 Å². The molecular formula is C25H33NO4. The fraction of sp³-hybridized carbons (Fsp3) is 0.400. The molecule has 0 N–H and O–H groups in total. The van der Waals surface area contributed by atoms with Crippen LogP contribution in [0.5, 0.6) is 17.2 Å². The molecular weight excluding hydrogens is 378 g/mol. The second-order valence-electron chi connectivity index (χ2n) is 7.05. The van der Waals surface area contributed by atoms with Crippen LogP contribution in [-0.4, -0.2) is 32.6 Å². The standard InChI is InChI=1S/C25H33NO4/c1-6-7-14-29-24-17-19(2)25(20(3)18-24)30-16-9-8-15-28-23-12-10-22(11-13-23)21(4)26-27-5/h6-7,10-13,17-18H,8-9,14-16H2,1-5H3/b7-6+,26-21+. The minimum Gasteiger partial charge on any atom is -0.494 e. The maximum atomic E-state index is 6.02. The zero-order valence-corrected chi connectivity index (χ0v) is 18.7. The Bertz CT molecular complexity index is 818. The van der Waals surface area contributed by atoms with E-state index in [-0.39, 0.29) is 0 Å². The first-order valence-electron chi connectivity index (χ1n) is 10.3. The average Bonchev–Trinajstić information content (AvgIpc) is 2.73. The third-order valence-corrected chi connectivity index (χ3v) is 4.57. The highest BCUT2D eigenvalue weighted by molar-refractivity contribution is 5.98. The lowest BCUT2D eigenvalue weighted by atomic mass is 10.1. The van der Waals surface area contributed by atoms with Crippen molar-refractivity contribution in [1.82, 2.24) is 0 Å². The fourth-order valence-electron chi connectivity index (χ4n) is 3.01. The molecule has 0 saturated carbocycles. The predicted molar refractivity (Wildman–Crippen MR) is 122 cm³/mol. The van der Waals surface area contributed by atoms with Gasteiger partial charge in [-0.1, -0.05) is 17.3 Å². The summed E-state index contributed by atoms with van der Waals surface area (Å²) in [5, 5.41) is 3.93. The molecule has 5 heteroatoms. The molecule has 0 aliphatic carbocycles. The molecule has 2 aromatic rings. The topological polar surface area (TPSA) is 49.3 Å². The molecule has 2 rings (SSSR count). The smallest absolute Gasteiger partial charge is 0.125 e. The van der Waals surface area contributed by atoms with Gasteiger partial charge >= 0.3 is 0 Å². The number of oxime groups is 1. The first-order chi connectivity index (χ1) is 14.5. The van der Waals surface area contributed by atoms with E-state index in [4.69, 9.17) is 19.0 Å². The SMILES string of the molecule is C/C=C/COc1cc(C)c(OCCCCOc2ccc(/C(C)=N/OC)cc2)c(C)c1. The Morgan fingerprint density at radius 1 is 0.900 bits per heavy atom. The van der Waals surface area contributed by atoms with E-state index in [9.17, 15) is 0 Å². The van der Waals surface area contributed by atoms with Crippen LogP contribution in [0.3, 0.4) is 0 Å². The van der Waals surface area contributed by atoms with Crippen molar-refractivity contribution < 1.29 is 19.0 Å². The summed E-state index contributed by atoms with van der Waals surface area (Å²) in [5.74, 6) is 2.67. The third kappa shape index (κ3) is 7.47. The lowest BCUT2D eigenvalue weighted by Crippen LogP contribution is -2.05. The van der Waals surface area contributed by atoms with Gasteiger partial charge in [-0.05, 0) is 93.6 Å². The number of nitrogens with zero attached hydrogens (tertiary/aromatic N) is 1. The zero-order valence-electron chi connectivity index (χ0n) is 18.7. The second-order valence-corrected chi connectivity index (χ2v) is 7.05. The molecule has 0 aliphatic rings. The minimum atomic E-state index is 0.582. The van der Waals surface area contributed by atoms with Crippen LogP contribution in [-0.2, 0) is 4.84 Å². The van der Waals surface area contributed by atoms with Gasteiger partial charge in [0, 0.05) is 0 Å². The summed E-state index contributed by atoms with van der Waals surface area (Å²) in [6.45, 7) is 9.90. The Labute approximate surface area is 180 Å². The maximum absolute atomic E-state index is 6.02. The minimum absolute atomic E-state index is 0.582. The second kappa shape index (κ2) is 12.6. The van der Waals surface area contributed by atoms with Crippen LogP contribution in [0.4, 0.5) is 0 Å². The number of unbranched alkanes of at least 4 members (excludes halogenated alkanes) is 1. The molecule has 5 nitrogen and oxygen atoms in total. The highest BCUT2D eigenvalue weighted by Gasteiger charge is 2.07. The number of rotatable bonds is 12. The third-order valence-electron chi connectivity index (χ3n) is 4.57. The lowest BCUT2D eigenvalue weighted by Gasteiger charge is -2.14. The van der Waals surface area contributed by atoms with E-state index in [2.05, 4.69) is 19.0 Å². The molecule has 0 heterocycles. The Morgan fingerprint density at radius 3 is 2.13 bits per heavy atom. The first-order valence-corrected chi connectivity index (χ1v) is 10.3. The van der Waals surface area contributed by atoms with Crippen LogP contribution in [0.1, 0.15) is 43.4 Å². The van der Waals surface area contributed by atoms with Crippen LogP contribution >= 0.6 is 0 Å². The summed E-state index contributed by atoms with van der Waals surface area (Å²) in [4.78, 5) is 4.80. The van der Waals surface area contributed by atoms with Crippen molar-refractivity contribution in [3.63, 3.8) is 0 Å². The molecule has 0 radical (unpaired) electrons. The predicted octanol–water partition coefficient (Wildman–Crippen LogP) is 5.87. The highest BCUT2D eigenvalue weighted by atomic mass is 16.6. The molecule has 0 saturated heterocycles. The van der Waals surface area contributed by atoms with Crippen LogP contribution in [0.2, 0.25) is 0 Å². The van der Waals surface area contributed by atoms with Gasteiger partial charge in [0.25, 0.3) is 0 Å². The Balaban J connectivity index is 1.72. The molecule has 0 unspecified atom stereocenters. The number of allylic oxidation sites excluding steroid dienone is 1. The van der Waals surface area contributed by atoms with Gasteiger partial charge < -0.3 is 19.0 Å². The van der Waals surface area contributed by atoms with Crippen molar-refractivity contribution in [2.45, 2.75) is 40.5 Å². The van der Waals surface area contributed by atoms with E-state index >= 15 is 0 Å². The Kier molecular flexibility index (Phi) is 9.78. The summed E-state index contributed by atoms with van der Waals surface area (Å²) < 4.78 is 17.6. The summed E-state index contributed by atoms with van der Waals surface area (Å²) in [7, 11) is 1.54. The fourth-order valence-corrected chi connectivity index (χ4v) is 3.01. The van der Waals surface area contributed by atoms with Crippen molar-refractivity contribution in [3.8, 4) is 17.2 Å². The van der Waals surface area contributed by atoms with Crippen molar-refractivity contribution in [3.05, 3.63) is 65.2 Å². The molecule has 0 aromatic heterocycles. The van der Waals surface area contributed by atoms with Gasteiger partial charge in [-0.15, -0.1) is 0 Å². The van der Waals surface area contributed by atoms with Crippen molar-refractivity contribution in [2.75, 3.05) is 26.9 Å². The van der Waals surface area contributed by atoms with Crippen LogP contribution in [0.25, 0.3) is 0 Å². The van der Waals surface area contributed by atoms with E-state index in [0.717, 1.165) is 52.5 Å². The molecule has 30 heavy (non-hydrogen) atoms. The number of benzene rings is 2. The number of aryl methyl sites for hydroxylation is 2. The van der Waals surface area contributed by atoms with E-state index in [0.29, 0.717) is 19.8 Å². The van der Waals surface area contributed by atoms with Crippen LogP contribution in [0.15, 0.2) is 53.7 Å². The summed E-state index contributed by atoms with van der Waals surface area (Å²) in [5.41, 5.74) is 4.04. The Morgan fingerprint density at radius 2 is 1.53 bits per heavy atom. The quantitative estimate of drug-likeness (QED) is 0.190. The first kappa shape index (κ1) is 23.3. The van der Waals surface area contributed by atoms with E-state index in [1.807, 2.05) is 62.4 Å². The molecule has 0 fully saturated rings. The number of hydrogen-bond donors (Lipinski definition) is 0. The molecule has 0 spiro atoms. The van der Waals surface area contributed by atoms with Gasteiger partial charge in [-0.2, -0.15) is 0 Å². The molecule has 0 amide bonds. The van der Waals surface area contributed by atoms with Gasteiger partial charge in [-0.25, -0.2) is 0 Å². The monoisotopic (exact) mass is 411 g/mol. The Hall–Kier alpha value is -2.95. The maximum Gasteiger partial charge on any atom is 0.125 e. The van der Waals surface area contributed by atoms with E-state index in [1.165, 1.54) is 0 Å². The van der Waals surface area contributed by atoms with Gasteiger partial charge in [0.1, 0.15) is 31.0 Å². The molecule has 0 aliphatic heterocycles. The van der Waals surface area contributed by atoms with Crippen molar-refractivity contribution in [1.29, 1.82) is 0 Å². The zero-order chi connectivity index (χ0) is 21.8. The van der Waals surface area contributed by atoms with E-state index in [1.54, 1.807) is 7.11 Å².